The van der Waals surface area contributed by atoms with Gasteiger partial charge in [0.15, 0.2) is 10.8 Å². The van der Waals surface area contributed by atoms with Crippen LogP contribution in [0.15, 0.2) is 29.4 Å². The fourth-order valence-corrected chi connectivity index (χ4v) is 2.66. The summed E-state index contributed by atoms with van der Waals surface area (Å²) < 4.78 is 7.37. The molecule has 0 unspecified atom stereocenters. The highest BCUT2D eigenvalue weighted by molar-refractivity contribution is 7.98. The Balaban J connectivity index is 2.51. The normalized spacial score (nSPS) is 11.3. The second kappa shape index (κ2) is 4.17. The van der Waals surface area contributed by atoms with Crippen molar-refractivity contribution in [1.82, 2.24) is 14.6 Å². The Labute approximate surface area is 109 Å². The first-order chi connectivity index (χ1) is 8.74. The van der Waals surface area contributed by atoms with Crippen molar-refractivity contribution >= 4 is 28.3 Å². The number of benzene rings is 1. The molecule has 3 rings (SSSR count). The van der Waals surface area contributed by atoms with E-state index in [2.05, 4.69) is 33.7 Å². The predicted molar refractivity (Wildman–Crippen MR) is 73.6 cm³/mol. The molecule has 0 amide bonds. The number of ether oxygens (including phenoxy) is 1. The van der Waals surface area contributed by atoms with Crippen LogP contribution in [0, 0.1) is 6.92 Å². The number of nitrogens with zero attached hydrogens (tertiary/aromatic N) is 3. The minimum absolute atomic E-state index is 0.843. The highest BCUT2D eigenvalue weighted by atomic mass is 32.2. The lowest BCUT2D eigenvalue weighted by atomic mass is 10.1. The first-order valence-electron chi connectivity index (χ1n) is 5.61. The summed E-state index contributed by atoms with van der Waals surface area (Å²) in [5.41, 5.74) is 3.15. The molecular weight excluding hydrogens is 246 g/mol. The Morgan fingerprint density at radius 3 is 2.78 bits per heavy atom. The maximum Gasteiger partial charge on any atom is 0.195 e. The molecule has 5 heteroatoms. The van der Waals surface area contributed by atoms with E-state index in [1.807, 2.05) is 18.4 Å². The molecule has 4 nitrogen and oxygen atoms in total. The maximum absolute atomic E-state index is 5.30. The molecule has 0 bridgehead atoms. The van der Waals surface area contributed by atoms with Crippen molar-refractivity contribution in [3.8, 4) is 5.75 Å². The first kappa shape index (κ1) is 11.3. The van der Waals surface area contributed by atoms with E-state index < -0.39 is 0 Å². The number of aryl methyl sites for hydroxylation is 1. The van der Waals surface area contributed by atoms with Gasteiger partial charge in [-0.3, -0.25) is 4.40 Å². The smallest absolute Gasteiger partial charge is 0.195 e. The largest absolute Gasteiger partial charge is 0.497 e. The minimum atomic E-state index is 0.843. The van der Waals surface area contributed by atoms with E-state index in [1.165, 1.54) is 10.9 Å². The SMILES string of the molecule is COc1ccc2c(C)cc3nnc(SC)n3c2c1. The van der Waals surface area contributed by atoms with Crippen molar-refractivity contribution in [3.63, 3.8) is 0 Å². The summed E-state index contributed by atoms with van der Waals surface area (Å²) in [5.74, 6) is 0.843. The van der Waals surface area contributed by atoms with E-state index in [-0.39, 0.29) is 0 Å². The lowest BCUT2D eigenvalue weighted by molar-refractivity contribution is 0.415. The van der Waals surface area contributed by atoms with E-state index >= 15 is 0 Å². The molecule has 0 atom stereocenters. The summed E-state index contributed by atoms with van der Waals surface area (Å²) >= 11 is 1.59. The number of hydrogen-bond acceptors (Lipinski definition) is 4. The van der Waals surface area contributed by atoms with Gasteiger partial charge in [0.25, 0.3) is 0 Å². The molecule has 0 saturated carbocycles. The molecule has 0 saturated heterocycles. The summed E-state index contributed by atoms with van der Waals surface area (Å²) in [7, 11) is 1.68. The number of fused-ring (bicyclic) bond motifs is 3. The number of hydrogen-bond donors (Lipinski definition) is 0. The molecule has 0 N–H and O–H groups in total. The molecule has 3 aromatic rings. The molecule has 0 aliphatic heterocycles. The number of methoxy groups -OCH3 is 1. The van der Waals surface area contributed by atoms with Gasteiger partial charge in [-0.05, 0) is 36.9 Å². The topological polar surface area (TPSA) is 39.4 Å². The van der Waals surface area contributed by atoms with Crippen molar-refractivity contribution < 1.29 is 4.74 Å². The molecular formula is C13H13N3OS. The highest BCUT2D eigenvalue weighted by Gasteiger charge is 2.10. The van der Waals surface area contributed by atoms with Crippen molar-refractivity contribution in [2.24, 2.45) is 0 Å². The van der Waals surface area contributed by atoms with Crippen LogP contribution in [-0.2, 0) is 0 Å². The van der Waals surface area contributed by atoms with Crippen LogP contribution in [0.1, 0.15) is 5.56 Å². The Bertz CT molecular complexity index is 736. The second-order valence-corrected chi connectivity index (χ2v) is 4.86. The monoisotopic (exact) mass is 259 g/mol. The van der Waals surface area contributed by atoms with Gasteiger partial charge >= 0.3 is 0 Å². The van der Waals surface area contributed by atoms with Gasteiger partial charge in [-0.1, -0.05) is 11.8 Å². The zero-order valence-corrected chi connectivity index (χ0v) is 11.3. The number of thioether (sulfide) groups is 1. The Hall–Kier alpha value is -1.75. The lowest BCUT2D eigenvalue weighted by Crippen LogP contribution is -1.94. The van der Waals surface area contributed by atoms with Crippen molar-refractivity contribution in [2.75, 3.05) is 13.4 Å². The number of aromatic nitrogens is 3. The predicted octanol–water partition coefficient (Wildman–Crippen LogP) is 2.92. The maximum atomic E-state index is 5.30. The van der Waals surface area contributed by atoms with Gasteiger partial charge in [0.2, 0.25) is 0 Å². The fraction of sp³-hybridized carbons (Fsp3) is 0.231. The third-order valence-corrected chi connectivity index (χ3v) is 3.69. The molecule has 18 heavy (non-hydrogen) atoms. The van der Waals surface area contributed by atoms with Gasteiger partial charge < -0.3 is 4.74 Å². The summed E-state index contributed by atoms with van der Waals surface area (Å²) in [6, 6.07) is 8.14. The molecule has 2 aromatic heterocycles. The summed E-state index contributed by atoms with van der Waals surface area (Å²) in [5, 5.41) is 10.5. The van der Waals surface area contributed by atoms with Gasteiger partial charge in [-0.25, -0.2) is 0 Å². The third kappa shape index (κ3) is 1.54. The standard InChI is InChI=1S/C13H13N3OS/c1-8-6-12-14-15-13(18-3)16(12)11-7-9(17-2)4-5-10(8)11/h4-7H,1-3H3. The van der Waals surface area contributed by atoms with Crippen LogP contribution in [0.4, 0.5) is 0 Å². The van der Waals surface area contributed by atoms with Crippen molar-refractivity contribution in [1.29, 1.82) is 0 Å². The van der Waals surface area contributed by atoms with E-state index in [9.17, 15) is 0 Å². The van der Waals surface area contributed by atoms with E-state index in [0.717, 1.165) is 22.1 Å². The van der Waals surface area contributed by atoms with Crippen molar-refractivity contribution in [2.45, 2.75) is 12.1 Å². The van der Waals surface area contributed by atoms with Crippen LogP contribution in [-0.4, -0.2) is 28.0 Å². The average Bonchev–Trinajstić information content (AvgIpc) is 2.81. The molecule has 1 aromatic carbocycles. The molecule has 0 aliphatic carbocycles. The molecule has 0 aliphatic rings. The Kier molecular flexibility index (Phi) is 2.63. The van der Waals surface area contributed by atoms with Gasteiger partial charge in [0.05, 0.1) is 12.6 Å². The van der Waals surface area contributed by atoms with Gasteiger partial charge in [-0.15, -0.1) is 10.2 Å². The van der Waals surface area contributed by atoms with Crippen LogP contribution in [0.3, 0.4) is 0 Å². The number of pyridine rings is 1. The molecule has 92 valence electrons. The number of rotatable bonds is 2. The van der Waals surface area contributed by atoms with Gasteiger partial charge in [0.1, 0.15) is 5.75 Å². The van der Waals surface area contributed by atoms with Gasteiger partial charge in [0, 0.05) is 11.5 Å². The van der Waals surface area contributed by atoms with E-state index in [4.69, 9.17) is 4.74 Å². The molecule has 0 radical (unpaired) electrons. The van der Waals surface area contributed by atoms with Crippen LogP contribution in [0.2, 0.25) is 0 Å². The summed E-state index contributed by atoms with van der Waals surface area (Å²) in [4.78, 5) is 0. The minimum Gasteiger partial charge on any atom is -0.497 e. The van der Waals surface area contributed by atoms with Crippen LogP contribution in [0.25, 0.3) is 16.6 Å². The molecule has 0 fully saturated rings. The second-order valence-electron chi connectivity index (χ2n) is 4.09. The molecule has 2 heterocycles. The quantitative estimate of drug-likeness (QED) is 0.663. The first-order valence-corrected chi connectivity index (χ1v) is 6.83. The third-order valence-electron chi connectivity index (χ3n) is 3.06. The van der Waals surface area contributed by atoms with E-state index in [0.29, 0.717) is 0 Å². The Morgan fingerprint density at radius 2 is 2.06 bits per heavy atom. The lowest BCUT2D eigenvalue weighted by Gasteiger charge is -2.08. The average molecular weight is 259 g/mol. The van der Waals surface area contributed by atoms with Crippen LogP contribution >= 0.6 is 11.8 Å². The zero-order chi connectivity index (χ0) is 12.7. The molecule has 0 spiro atoms. The summed E-state index contributed by atoms with van der Waals surface area (Å²) in [6.07, 6.45) is 2.00. The highest BCUT2D eigenvalue weighted by Crippen LogP contribution is 2.27. The van der Waals surface area contributed by atoms with E-state index in [1.54, 1.807) is 18.9 Å². The zero-order valence-electron chi connectivity index (χ0n) is 10.5. The summed E-state index contributed by atoms with van der Waals surface area (Å²) in [6.45, 7) is 2.09. The van der Waals surface area contributed by atoms with Crippen LogP contribution in [0.5, 0.6) is 5.75 Å². The Morgan fingerprint density at radius 1 is 1.22 bits per heavy atom. The van der Waals surface area contributed by atoms with Gasteiger partial charge in [-0.2, -0.15) is 0 Å². The van der Waals surface area contributed by atoms with Crippen LogP contribution < -0.4 is 4.74 Å². The van der Waals surface area contributed by atoms with Crippen molar-refractivity contribution in [3.05, 3.63) is 29.8 Å². The fourth-order valence-electron chi connectivity index (χ4n) is 2.16.